The first-order valence-electron chi connectivity index (χ1n) is 6.10. The van der Waals surface area contributed by atoms with E-state index in [1.807, 2.05) is 7.05 Å². The van der Waals surface area contributed by atoms with Crippen molar-refractivity contribution < 1.29 is 4.79 Å². The predicted molar refractivity (Wildman–Crippen MR) is 75.6 cm³/mol. The molecule has 0 aliphatic rings. The van der Waals surface area contributed by atoms with Crippen LogP contribution >= 0.6 is 12.6 Å². The molecule has 0 fully saturated rings. The molecule has 17 heavy (non-hydrogen) atoms. The Morgan fingerprint density at radius 2 is 1.71 bits per heavy atom. The van der Waals surface area contributed by atoms with Crippen LogP contribution in [-0.4, -0.2) is 30.2 Å². The lowest BCUT2D eigenvalue weighted by Gasteiger charge is -2.15. The number of benzene rings is 1. The van der Waals surface area contributed by atoms with Crippen molar-refractivity contribution in [3.05, 3.63) is 35.4 Å². The Morgan fingerprint density at radius 1 is 1.18 bits per heavy atom. The van der Waals surface area contributed by atoms with Crippen molar-refractivity contribution in [2.45, 2.75) is 26.2 Å². The maximum absolute atomic E-state index is 11.3. The van der Waals surface area contributed by atoms with Gasteiger partial charge in [0, 0.05) is 13.6 Å². The molecule has 0 aromatic heterocycles. The van der Waals surface area contributed by atoms with Crippen molar-refractivity contribution in [3.63, 3.8) is 0 Å². The number of carbonyl (C=O) groups excluding carboxylic acids is 1. The van der Waals surface area contributed by atoms with Gasteiger partial charge in [-0.05, 0) is 24.0 Å². The molecule has 0 N–H and O–H groups in total. The minimum atomic E-state index is 0.0796. The molecule has 1 amide bonds. The summed E-state index contributed by atoms with van der Waals surface area (Å²) in [5.74, 6) is 0.363. The number of aryl methyl sites for hydroxylation is 1. The third-order valence-corrected chi connectivity index (χ3v) is 3.13. The van der Waals surface area contributed by atoms with Gasteiger partial charge in [0.05, 0.1) is 5.75 Å². The van der Waals surface area contributed by atoms with Gasteiger partial charge in [-0.3, -0.25) is 4.79 Å². The fraction of sp³-hybridized carbons (Fsp3) is 0.500. The van der Waals surface area contributed by atoms with E-state index in [0.717, 1.165) is 19.4 Å². The van der Waals surface area contributed by atoms with E-state index in [1.165, 1.54) is 17.5 Å². The van der Waals surface area contributed by atoms with E-state index in [4.69, 9.17) is 0 Å². The predicted octanol–water partition coefficient (Wildman–Crippen LogP) is 2.57. The van der Waals surface area contributed by atoms with Gasteiger partial charge in [-0.1, -0.05) is 37.6 Å². The average molecular weight is 251 g/mol. The van der Waals surface area contributed by atoms with E-state index in [-0.39, 0.29) is 11.7 Å². The quantitative estimate of drug-likeness (QED) is 0.771. The molecule has 0 bridgehead atoms. The third kappa shape index (κ3) is 4.82. The van der Waals surface area contributed by atoms with Crippen LogP contribution in [-0.2, 0) is 17.6 Å². The summed E-state index contributed by atoms with van der Waals surface area (Å²) in [5.41, 5.74) is 2.67. The van der Waals surface area contributed by atoms with Crippen LogP contribution in [0.5, 0.6) is 0 Å². The maximum atomic E-state index is 11.3. The van der Waals surface area contributed by atoms with Crippen molar-refractivity contribution in [2.75, 3.05) is 19.3 Å². The highest BCUT2D eigenvalue weighted by Crippen LogP contribution is 2.07. The van der Waals surface area contributed by atoms with Crippen molar-refractivity contribution in [2.24, 2.45) is 0 Å². The molecule has 3 heteroatoms. The number of thiol groups is 1. The Balaban J connectivity index is 2.44. The fourth-order valence-corrected chi connectivity index (χ4v) is 1.94. The lowest BCUT2D eigenvalue weighted by molar-refractivity contribution is -0.127. The van der Waals surface area contributed by atoms with E-state index < -0.39 is 0 Å². The molecule has 0 unspecified atom stereocenters. The van der Waals surface area contributed by atoms with E-state index >= 15 is 0 Å². The number of likely N-dealkylation sites (N-methyl/N-ethyl adjacent to an activating group) is 1. The van der Waals surface area contributed by atoms with Crippen LogP contribution in [0.3, 0.4) is 0 Å². The van der Waals surface area contributed by atoms with E-state index in [9.17, 15) is 4.79 Å². The first-order valence-corrected chi connectivity index (χ1v) is 6.73. The van der Waals surface area contributed by atoms with E-state index in [1.54, 1.807) is 4.90 Å². The van der Waals surface area contributed by atoms with Crippen molar-refractivity contribution in [1.29, 1.82) is 0 Å². The lowest BCUT2D eigenvalue weighted by atomic mass is 10.1. The first-order chi connectivity index (χ1) is 8.17. The average Bonchev–Trinajstić information content (AvgIpc) is 2.37. The molecule has 0 atom stereocenters. The van der Waals surface area contributed by atoms with E-state index in [0.29, 0.717) is 0 Å². The number of carbonyl (C=O) groups is 1. The Bertz CT molecular complexity index is 348. The fourth-order valence-electron chi connectivity index (χ4n) is 1.70. The Morgan fingerprint density at radius 3 is 2.18 bits per heavy atom. The highest BCUT2D eigenvalue weighted by Gasteiger charge is 2.05. The molecular weight excluding hydrogens is 230 g/mol. The number of hydrogen-bond acceptors (Lipinski definition) is 2. The van der Waals surface area contributed by atoms with Crippen LogP contribution in [0.1, 0.15) is 24.5 Å². The molecule has 0 aliphatic carbocycles. The van der Waals surface area contributed by atoms with Crippen LogP contribution in [0.2, 0.25) is 0 Å². The molecule has 1 aromatic rings. The van der Waals surface area contributed by atoms with Crippen molar-refractivity contribution in [3.8, 4) is 0 Å². The van der Waals surface area contributed by atoms with Gasteiger partial charge < -0.3 is 4.90 Å². The minimum Gasteiger partial charge on any atom is -0.345 e. The number of amides is 1. The maximum Gasteiger partial charge on any atom is 0.232 e. The molecule has 94 valence electrons. The molecule has 0 saturated heterocycles. The topological polar surface area (TPSA) is 20.3 Å². The SMILES string of the molecule is CCCc1ccc(CCN(C)C(=O)CS)cc1. The number of hydrogen-bond donors (Lipinski definition) is 1. The van der Waals surface area contributed by atoms with Crippen LogP contribution in [0.15, 0.2) is 24.3 Å². The summed E-state index contributed by atoms with van der Waals surface area (Å²) in [7, 11) is 1.82. The monoisotopic (exact) mass is 251 g/mol. The summed E-state index contributed by atoms with van der Waals surface area (Å²) in [6.07, 6.45) is 3.22. The van der Waals surface area contributed by atoms with Crippen LogP contribution in [0.4, 0.5) is 0 Å². The van der Waals surface area contributed by atoms with Crippen molar-refractivity contribution >= 4 is 18.5 Å². The second-order valence-corrected chi connectivity index (χ2v) is 4.61. The summed E-state index contributed by atoms with van der Waals surface area (Å²) in [6, 6.07) is 8.67. The summed E-state index contributed by atoms with van der Waals surface area (Å²) < 4.78 is 0. The van der Waals surface area contributed by atoms with Crippen LogP contribution < -0.4 is 0 Å². The van der Waals surface area contributed by atoms with Gasteiger partial charge in [0.2, 0.25) is 5.91 Å². The molecule has 0 radical (unpaired) electrons. The van der Waals surface area contributed by atoms with Crippen molar-refractivity contribution in [1.82, 2.24) is 4.90 Å². The van der Waals surface area contributed by atoms with Gasteiger partial charge in [-0.25, -0.2) is 0 Å². The third-order valence-electron chi connectivity index (χ3n) is 2.86. The zero-order valence-corrected chi connectivity index (χ0v) is 11.5. The zero-order valence-electron chi connectivity index (χ0n) is 10.6. The number of rotatable bonds is 6. The second-order valence-electron chi connectivity index (χ2n) is 4.29. The largest absolute Gasteiger partial charge is 0.345 e. The minimum absolute atomic E-state index is 0.0796. The molecule has 2 nitrogen and oxygen atoms in total. The highest BCUT2D eigenvalue weighted by atomic mass is 32.1. The van der Waals surface area contributed by atoms with Gasteiger partial charge >= 0.3 is 0 Å². The van der Waals surface area contributed by atoms with Crippen LogP contribution in [0, 0.1) is 0 Å². The van der Waals surface area contributed by atoms with Gasteiger partial charge in [0.25, 0.3) is 0 Å². The van der Waals surface area contributed by atoms with Gasteiger partial charge in [-0.15, -0.1) is 0 Å². The normalized spacial score (nSPS) is 10.3. The van der Waals surface area contributed by atoms with Gasteiger partial charge in [0.1, 0.15) is 0 Å². The standard InChI is InChI=1S/C14H21NOS/c1-3-4-12-5-7-13(8-6-12)9-10-15(2)14(16)11-17/h5-8,17H,3-4,9-11H2,1-2H3. The summed E-state index contributed by atoms with van der Waals surface area (Å²) in [6.45, 7) is 2.94. The Hall–Kier alpha value is -0.960. The summed E-state index contributed by atoms with van der Waals surface area (Å²) >= 11 is 3.98. The lowest BCUT2D eigenvalue weighted by Crippen LogP contribution is -2.29. The molecule has 1 aromatic carbocycles. The molecule has 1 rings (SSSR count). The molecular formula is C14H21NOS. The van der Waals surface area contributed by atoms with E-state index in [2.05, 4.69) is 43.8 Å². The smallest absolute Gasteiger partial charge is 0.232 e. The van der Waals surface area contributed by atoms with Gasteiger partial charge in [0.15, 0.2) is 0 Å². The number of nitrogens with zero attached hydrogens (tertiary/aromatic N) is 1. The molecule has 0 saturated carbocycles. The van der Waals surface area contributed by atoms with Crippen LogP contribution in [0.25, 0.3) is 0 Å². The van der Waals surface area contributed by atoms with Gasteiger partial charge in [-0.2, -0.15) is 12.6 Å². The molecule has 0 spiro atoms. The Kier molecular flexibility index (Phi) is 6.12. The zero-order chi connectivity index (χ0) is 12.7. The Labute approximate surface area is 109 Å². The first kappa shape index (κ1) is 14.1. The second kappa shape index (κ2) is 7.38. The summed E-state index contributed by atoms with van der Waals surface area (Å²) in [4.78, 5) is 13.1. The highest BCUT2D eigenvalue weighted by molar-refractivity contribution is 7.81. The molecule has 0 aliphatic heterocycles. The molecule has 0 heterocycles. The summed E-state index contributed by atoms with van der Waals surface area (Å²) in [5, 5.41) is 0.